The highest BCUT2D eigenvalue weighted by Crippen LogP contribution is 2.48. The number of hydrogen-bond donors (Lipinski definition) is 0. The Balaban J connectivity index is 1.53. The smallest absolute Gasteiger partial charge is 0.246 e. The number of carbonyl (C=O) groups excluding carboxylic acids is 1. The van der Waals surface area contributed by atoms with Crippen LogP contribution in [0.3, 0.4) is 0 Å². The summed E-state index contributed by atoms with van der Waals surface area (Å²) in [7, 11) is 3.55. The molecule has 50 heavy (non-hydrogen) atoms. The molecule has 260 valence electrons. The Kier molecular flexibility index (Phi) is 8.99. The SMILES string of the molecule is C=CC(=O)N1CC(C)n2nc(-c3nc(-c4cnc5c(c4)C(C)N(C)CC5)c4scc(F)c4c3-c3c(F)cc(F)cc3OCCOC)cc2C1C. The van der Waals surface area contributed by atoms with E-state index in [0.29, 0.717) is 28.2 Å². The quantitative estimate of drug-likeness (QED) is 0.122. The van der Waals surface area contributed by atoms with E-state index in [9.17, 15) is 9.18 Å². The second-order valence-electron chi connectivity index (χ2n) is 12.9. The van der Waals surface area contributed by atoms with Crippen molar-refractivity contribution < 1.29 is 27.4 Å². The van der Waals surface area contributed by atoms with Gasteiger partial charge in [0.25, 0.3) is 0 Å². The van der Waals surface area contributed by atoms with Crippen LogP contribution in [0, 0.1) is 17.5 Å². The van der Waals surface area contributed by atoms with E-state index in [-0.39, 0.29) is 65.2 Å². The van der Waals surface area contributed by atoms with Gasteiger partial charge < -0.3 is 14.4 Å². The summed E-state index contributed by atoms with van der Waals surface area (Å²) in [6, 6.07) is 5.18. The Morgan fingerprint density at radius 1 is 1.06 bits per heavy atom. The highest BCUT2D eigenvalue weighted by atomic mass is 32.1. The van der Waals surface area contributed by atoms with Gasteiger partial charge in [0.2, 0.25) is 5.91 Å². The van der Waals surface area contributed by atoms with Gasteiger partial charge in [0, 0.05) is 78.6 Å². The summed E-state index contributed by atoms with van der Waals surface area (Å²) in [5, 5.41) is 6.42. The molecule has 2 aliphatic heterocycles. The Bertz CT molecular complexity index is 2150. The first-order valence-electron chi connectivity index (χ1n) is 16.5. The number of fused-ring (bicyclic) bond motifs is 3. The molecule has 0 N–H and O–H groups in total. The summed E-state index contributed by atoms with van der Waals surface area (Å²) in [6.07, 6.45) is 3.83. The summed E-state index contributed by atoms with van der Waals surface area (Å²) < 4.78 is 60.5. The van der Waals surface area contributed by atoms with Crippen molar-refractivity contribution in [3.05, 3.63) is 82.9 Å². The average Bonchev–Trinajstić information content (AvgIpc) is 3.72. The monoisotopic (exact) mass is 702 g/mol. The number of rotatable bonds is 8. The zero-order chi connectivity index (χ0) is 35.4. The maximum atomic E-state index is 16.3. The molecule has 9 nitrogen and oxygen atoms in total. The number of benzene rings is 1. The molecule has 5 aromatic rings. The van der Waals surface area contributed by atoms with Crippen molar-refractivity contribution in [2.24, 2.45) is 0 Å². The van der Waals surface area contributed by atoms with Crippen molar-refractivity contribution in [3.63, 3.8) is 0 Å². The van der Waals surface area contributed by atoms with Crippen LogP contribution in [0.1, 0.15) is 55.8 Å². The fourth-order valence-corrected chi connectivity index (χ4v) is 7.97. The molecular formula is C37H37F3N6O3S. The number of halogens is 3. The van der Waals surface area contributed by atoms with E-state index in [4.69, 9.17) is 24.5 Å². The van der Waals surface area contributed by atoms with Crippen molar-refractivity contribution in [1.29, 1.82) is 0 Å². The lowest BCUT2D eigenvalue weighted by Crippen LogP contribution is -2.42. The predicted octanol–water partition coefficient (Wildman–Crippen LogP) is 7.53. The number of pyridine rings is 2. The van der Waals surface area contributed by atoms with E-state index in [1.807, 2.05) is 24.6 Å². The maximum absolute atomic E-state index is 16.3. The van der Waals surface area contributed by atoms with Gasteiger partial charge in [-0.25, -0.2) is 18.2 Å². The van der Waals surface area contributed by atoms with Crippen LogP contribution in [-0.4, -0.2) is 75.9 Å². The van der Waals surface area contributed by atoms with Gasteiger partial charge in [0.05, 0.1) is 40.3 Å². The summed E-state index contributed by atoms with van der Waals surface area (Å²) in [5.41, 5.74) is 4.36. The topological polar surface area (TPSA) is 85.6 Å². The van der Waals surface area contributed by atoms with E-state index in [0.717, 1.165) is 53.4 Å². The highest BCUT2D eigenvalue weighted by Gasteiger charge is 2.35. The molecule has 1 aromatic carbocycles. The van der Waals surface area contributed by atoms with E-state index in [2.05, 4.69) is 25.5 Å². The lowest BCUT2D eigenvalue weighted by Gasteiger charge is -2.36. The molecule has 2 aliphatic rings. The minimum absolute atomic E-state index is 0.00308. The zero-order valence-electron chi connectivity index (χ0n) is 28.5. The third kappa shape index (κ3) is 5.66. The van der Waals surface area contributed by atoms with Gasteiger partial charge in [0.15, 0.2) is 0 Å². The number of ether oxygens (including phenoxy) is 2. The van der Waals surface area contributed by atoms with Crippen molar-refractivity contribution >= 4 is 27.3 Å². The fraction of sp³-hybridized carbons (Fsp3) is 0.351. The van der Waals surface area contributed by atoms with E-state index >= 15 is 8.78 Å². The predicted molar refractivity (Wildman–Crippen MR) is 187 cm³/mol. The van der Waals surface area contributed by atoms with Crippen LogP contribution in [0.2, 0.25) is 0 Å². The molecular weight excluding hydrogens is 666 g/mol. The van der Waals surface area contributed by atoms with Crippen molar-refractivity contribution in [2.45, 2.75) is 45.3 Å². The molecule has 0 fully saturated rings. The van der Waals surface area contributed by atoms with Crippen molar-refractivity contribution in [1.82, 2.24) is 29.5 Å². The summed E-state index contributed by atoms with van der Waals surface area (Å²) in [5.74, 6) is -2.72. The summed E-state index contributed by atoms with van der Waals surface area (Å²) >= 11 is 1.15. The first-order valence-corrected chi connectivity index (χ1v) is 17.3. The molecule has 0 spiro atoms. The van der Waals surface area contributed by atoms with Crippen LogP contribution in [0.5, 0.6) is 5.75 Å². The summed E-state index contributed by atoms with van der Waals surface area (Å²) in [4.78, 5) is 26.7. The van der Waals surface area contributed by atoms with Crippen LogP contribution in [-0.2, 0) is 16.0 Å². The van der Waals surface area contributed by atoms with Crippen LogP contribution < -0.4 is 4.74 Å². The van der Waals surface area contributed by atoms with Gasteiger partial charge in [-0.3, -0.25) is 19.4 Å². The van der Waals surface area contributed by atoms with Gasteiger partial charge >= 0.3 is 0 Å². The maximum Gasteiger partial charge on any atom is 0.246 e. The van der Waals surface area contributed by atoms with E-state index < -0.39 is 17.5 Å². The molecule has 3 unspecified atom stereocenters. The number of aromatic nitrogens is 4. The number of hydrogen-bond acceptors (Lipinski definition) is 8. The number of carbonyl (C=O) groups is 1. The molecule has 4 aromatic heterocycles. The number of likely N-dealkylation sites (N-methyl/N-ethyl adjacent to an activating group) is 1. The fourth-order valence-electron chi connectivity index (χ4n) is 7.04. The molecule has 0 radical (unpaired) electrons. The second-order valence-corrected chi connectivity index (χ2v) is 13.7. The normalized spacial score (nSPS) is 19.0. The Morgan fingerprint density at radius 2 is 1.86 bits per heavy atom. The molecule has 13 heteroatoms. The van der Waals surface area contributed by atoms with Gasteiger partial charge in [0.1, 0.15) is 41.2 Å². The second kappa shape index (κ2) is 13.3. The Morgan fingerprint density at radius 3 is 2.62 bits per heavy atom. The molecule has 1 amide bonds. The summed E-state index contributed by atoms with van der Waals surface area (Å²) in [6.45, 7) is 11.0. The molecule has 0 aliphatic carbocycles. The van der Waals surface area contributed by atoms with Crippen LogP contribution in [0.4, 0.5) is 13.2 Å². The Labute approximate surface area is 292 Å². The molecule has 0 saturated heterocycles. The number of methoxy groups -OCH3 is 1. The first-order chi connectivity index (χ1) is 24.0. The van der Waals surface area contributed by atoms with Crippen LogP contribution in [0.15, 0.2) is 48.5 Å². The molecule has 6 heterocycles. The molecule has 0 saturated carbocycles. The molecule has 7 rings (SSSR count). The third-order valence-corrected chi connectivity index (χ3v) is 10.8. The van der Waals surface area contributed by atoms with Gasteiger partial charge in [-0.2, -0.15) is 5.10 Å². The van der Waals surface area contributed by atoms with Crippen LogP contribution >= 0.6 is 11.3 Å². The van der Waals surface area contributed by atoms with E-state index in [1.54, 1.807) is 17.2 Å². The van der Waals surface area contributed by atoms with Gasteiger partial charge in [-0.1, -0.05) is 6.58 Å². The van der Waals surface area contributed by atoms with Crippen molar-refractivity contribution in [2.75, 3.05) is 40.5 Å². The zero-order valence-corrected chi connectivity index (χ0v) is 29.3. The van der Waals surface area contributed by atoms with E-state index in [1.165, 1.54) is 18.6 Å². The first kappa shape index (κ1) is 33.9. The lowest BCUT2D eigenvalue weighted by molar-refractivity contribution is -0.129. The standard InChI is InChI=1S/C37H37F3N6O3S/c1-7-31(47)45-17-19(2)46-29(21(45)4)15-28(43-46)36-34(32-25(39)13-23(38)14-30(32)49-11-10-48-6)33-26(40)18-50-37(33)35(42-36)22-12-24-20(3)44(5)9-8-27(24)41-16-22/h7,12-16,18-21H,1,8-11,17H2,2-6H3. The van der Waals surface area contributed by atoms with Gasteiger partial charge in [-0.15, -0.1) is 11.3 Å². The van der Waals surface area contributed by atoms with Crippen molar-refractivity contribution in [3.8, 4) is 39.5 Å². The minimum atomic E-state index is -0.944. The number of thiophene rings is 1. The Hall–Kier alpha value is -4.59. The number of nitrogens with zero attached hydrogens (tertiary/aromatic N) is 6. The lowest BCUT2D eigenvalue weighted by atomic mass is 9.93. The minimum Gasteiger partial charge on any atom is -0.490 e. The third-order valence-electron chi connectivity index (χ3n) is 9.81. The van der Waals surface area contributed by atoms with Gasteiger partial charge in [-0.05, 0) is 51.6 Å². The number of amides is 1. The largest absolute Gasteiger partial charge is 0.490 e. The van der Waals surface area contributed by atoms with Crippen LogP contribution in [0.25, 0.3) is 43.9 Å². The highest BCUT2D eigenvalue weighted by molar-refractivity contribution is 7.17. The molecule has 0 bridgehead atoms. The average molecular weight is 703 g/mol. The molecule has 3 atom stereocenters.